The lowest BCUT2D eigenvalue weighted by Gasteiger charge is -2.04. The van der Waals surface area contributed by atoms with Crippen molar-refractivity contribution >= 4 is 17.8 Å². The van der Waals surface area contributed by atoms with Crippen LogP contribution in [-0.4, -0.2) is 23.7 Å². The third kappa shape index (κ3) is 4.71. The van der Waals surface area contributed by atoms with Gasteiger partial charge in [0.05, 0.1) is 11.1 Å². The van der Waals surface area contributed by atoms with Crippen LogP contribution in [0.4, 0.5) is 5.69 Å². The van der Waals surface area contributed by atoms with E-state index in [-0.39, 0.29) is 12.3 Å². The monoisotopic (exact) mass is 299 g/mol. The predicted octanol–water partition coefficient (Wildman–Crippen LogP) is 2.12. The van der Waals surface area contributed by atoms with E-state index in [1.807, 2.05) is 6.07 Å². The molecule has 0 fully saturated rings. The van der Waals surface area contributed by atoms with E-state index < -0.39 is 10.8 Å². The van der Waals surface area contributed by atoms with Gasteiger partial charge in [0.2, 0.25) is 0 Å². The second-order valence-corrected chi connectivity index (χ2v) is 4.25. The SMILES string of the molecule is O=C(COc1ccccc1)NN=Cc1cccc([N+](=O)[O-])c1. The number of hydrogen-bond donors (Lipinski definition) is 1. The Hall–Kier alpha value is -3.22. The van der Waals surface area contributed by atoms with E-state index in [9.17, 15) is 14.9 Å². The second kappa shape index (κ2) is 7.53. The number of nitrogens with zero attached hydrogens (tertiary/aromatic N) is 2. The molecule has 0 saturated heterocycles. The van der Waals surface area contributed by atoms with Crippen LogP contribution in [0.15, 0.2) is 59.7 Å². The molecule has 1 amide bonds. The number of para-hydroxylation sites is 1. The van der Waals surface area contributed by atoms with E-state index in [1.165, 1.54) is 18.3 Å². The lowest BCUT2D eigenvalue weighted by atomic mass is 10.2. The highest BCUT2D eigenvalue weighted by molar-refractivity contribution is 5.83. The van der Waals surface area contributed by atoms with Crippen LogP contribution < -0.4 is 10.2 Å². The summed E-state index contributed by atoms with van der Waals surface area (Å²) in [6.07, 6.45) is 1.33. The Morgan fingerprint density at radius 3 is 2.73 bits per heavy atom. The van der Waals surface area contributed by atoms with E-state index in [1.54, 1.807) is 36.4 Å². The topological polar surface area (TPSA) is 93.8 Å². The van der Waals surface area contributed by atoms with Crippen molar-refractivity contribution in [2.75, 3.05) is 6.61 Å². The normalized spacial score (nSPS) is 10.4. The summed E-state index contributed by atoms with van der Waals surface area (Å²) < 4.78 is 5.25. The highest BCUT2D eigenvalue weighted by Crippen LogP contribution is 2.11. The van der Waals surface area contributed by atoms with Crippen LogP contribution in [0.1, 0.15) is 5.56 Å². The van der Waals surface area contributed by atoms with E-state index >= 15 is 0 Å². The molecule has 0 aliphatic heterocycles. The Bertz CT molecular complexity index is 686. The fourth-order valence-electron chi connectivity index (χ4n) is 1.60. The molecule has 0 heterocycles. The van der Waals surface area contributed by atoms with Crippen molar-refractivity contribution < 1.29 is 14.5 Å². The van der Waals surface area contributed by atoms with Crippen molar-refractivity contribution in [1.82, 2.24) is 5.43 Å². The number of ether oxygens (including phenoxy) is 1. The van der Waals surface area contributed by atoms with Crippen LogP contribution in [0.25, 0.3) is 0 Å². The minimum atomic E-state index is -0.496. The molecule has 2 rings (SSSR count). The Labute approximate surface area is 126 Å². The summed E-state index contributed by atoms with van der Waals surface area (Å²) in [7, 11) is 0. The number of hydrazone groups is 1. The molecular formula is C15H13N3O4. The Morgan fingerprint density at radius 1 is 1.23 bits per heavy atom. The van der Waals surface area contributed by atoms with Gasteiger partial charge in [-0.25, -0.2) is 5.43 Å². The zero-order valence-corrected chi connectivity index (χ0v) is 11.5. The lowest BCUT2D eigenvalue weighted by molar-refractivity contribution is -0.384. The number of nitro benzene ring substituents is 1. The molecule has 7 nitrogen and oxygen atoms in total. The number of benzene rings is 2. The van der Waals surface area contributed by atoms with Crippen LogP contribution in [-0.2, 0) is 4.79 Å². The van der Waals surface area contributed by atoms with Crippen molar-refractivity contribution in [3.8, 4) is 5.75 Å². The molecule has 0 aliphatic carbocycles. The average Bonchev–Trinajstić information content (AvgIpc) is 2.54. The molecule has 0 atom stereocenters. The molecule has 1 N–H and O–H groups in total. The molecular weight excluding hydrogens is 286 g/mol. The molecule has 2 aromatic carbocycles. The highest BCUT2D eigenvalue weighted by Gasteiger charge is 2.04. The maximum absolute atomic E-state index is 11.5. The number of rotatable bonds is 6. The Balaban J connectivity index is 1.83. The smallest absolute Gasteiger partial charge is 0.277 e. The van der Waals surface area contributed by atoms with Gasteiger partial charge in [-0.05, 0) is 12.1 Å². The number of carbonyl (C=O) groups excluding carboxylic acids is 1. The molecule has 22 heavy (non-hydrogen) atoms. The lowest BCUT2D eigenvalue weighted by Crippen LogP contribution is -2.24. The molecule has 0 radical (unpaired) electrons. The van der Waals surface area contributed by atoms with Gasteiger partial charge in [-0.3, -0.25) is 14.9 Å². The molecule has 0 saturated carbocycles. The standard InChI is InChI=1S/C15H13N3O4/c19-15(11-22-14-7-2-1-3-8-14)17-16-10-12-5-4-6-13(9-12)18(20)21/h1-10H,11H2,(H,17,19). The highest BCUT2D eigenvalue weighted by atomic mass is 16.6. The number of hydrogen-bond acceptors (Lipinski definition) is 5. The first-order chi connectivity index (χ1) is 10.6. The summed E-state index contributed by atoms with van der Waals surface area (Å²) in [5, 5.41) is 14.4. The van der Waals surface area contributed by atoms with Crippen molar-refractivity contribution in [2.24, 2.45) is 5.10 Å². The number of carbonyl (C=O) groups is 1. The van der Waals surface area contributed by atoms with Gasteiger partial charge < -0.3 is 4.74 Å². The summed E-state index contributed by atoms with van der Waals surface area (Å²) in [5.41, 5.74) is 2.76. The van der Waals surface area contributed by atoms with Gasteiger partial charge in [0, 0.05) is 17.7 Å². The second-order valence-electron chi connectivity index (χ2n) is 4.25. The summed E-state index contributed by atoms with van der Waals surface area (Å²) in [6, 6.07) is 14.8. The zero-order chi connectivity index (χ0) is 15.8. The molecule has 2 aromatic rings. The molecule has 0 aliphatic rings. The van der Waals surface area contributed by atoms with Crippen molar-refractivity contribution in [3.63, 3.8) is 0 Å². The Kier molecular flexibility index (Phi) is 5.20. The van der Waals surface area contributed by atoms with Gasteiger partial charge in [0.1, 0.15) is 5.75 Å². The fraction of sp³-hybridized carbons (Fsp3) is 0.0667. The zero-order valence-electron chi connectivity index (χ0n) is 11.5. The third-order valence-corrected chi connectivity index (χ3v) is 2.60. The fourth-order valence-corrected chi connectivity index (χ4v) is 1.60. The number of non-ortho nitro benzene ring substituents is 1. The van der Waals surface area contributed by atoms with E-state index in [2.05, 4.69) is 10.5 Å². The first-order valence-corrected chi connectivity index (χ1v) is 6.39. The minimum Gasteiger partial charge on any atom is -0.484 e. The molecule has 0 bridgehead atoms. The van der Waals surface area contributed by atoms with Gasteiger partial charge in [0.25, 0.3) is 11.6 Å². The molecule has 112 valence electrons. The van der Waals surface area contributed by atoms with E-state index in [0.29, 0.717) is 11.3 Å². The largest absolute Gasteiger partial charge is 0.484 e. The van der Waals surface area contributed by atoms with Gasteiger partial charge in [0.15, 0.2) is 6.61 Å². The van der Waals surface area contributed by atoms with Crippen LogP contribution in [0.5, 0.6) is 5.75 Å². The van der Waals surface area contributed by atoms with Crippen LogP contribution >= 0.6 is 0 Å². The van der Waals surface area contributed by atoms with Crippen molar-refractivity contribution in [3.05, 3.63) is 70.3 Å². The summed E-state index contributed by atoms with van der Waals surface area (Å²) in [6.45, 7) is -0.170. The molecule has 0 spiro atoms. The Morgan fingerprint density at radius 2 is 2.00 bits per heavy atom. The van der Waals surface area contributed by atoms with Crippen molar-refractivity contribution in [2.45, 2.75) is 0 Å². The van der Waals surface area contributed by atoms with E-state index in [0.717, 1.165) is 0 Å². The first kappa shape index (κ1) is 15.2. The summed E-state index contributed by atoms with van der Waals surface area (Å²) >= 11 is 0. The molecule has 0 aromatic heterocycles. The molecule has 7 heteroatoms. The van der Waals surface area contributed by atoms with Gasteiger partial charge in [-0.1, -0.05) is 30.3 Å². The van der Waals surface area contributed by atoms with Crippen LogP contribution in [0.2, 0.25) is 0 Å². The van der Waals surface area contributed by atoms with Crippen molar-refractivity contribution in [1.29, 1.82) is 0 Å². The minimum absolute atomic E-state index is 0.0392. The van der Waals surface area contributed by atoms with Gasteiger partial charge >= 0.3 is 0 Å². The van der Waals surface area contributed by atoms with Gasteiger partial charge in [-0.15, -0.1) is 0 Å². The summed E-state index contributed by atoms with van der Waals surface area (Å²) in [5.74, 6) is 0.158. The number of nitrogens with one attached hydrogen (secondary N) is 1. The predicted molar refractivity (Wildman–Crippen MR) is 80.8 cm³/mol. The average molecular weight is 299 g/mol. The summed E-state index contributed by atoms with van der Waals surface area (Å²) in [4.78, 5) is 21.7. The number of amides is 1. The van der Waals surface area contributed by atoms with Crippen LogP contribution in [0, 0.1) is 10.1 Å². The number of nitro groups is 1. The third-order valence-electron chi connectivity index (χ3n) is 2.60. The molecule has 0 unspecified atom stereocenters. The maximum atomic E-state index is 11.5. The van der Waals surface area contributed by atoms with Crippen LogP contribution in [0.3, 0.4) is 0 Å². The van der Waals surface area contributed by atoms with E-state index in [4.69, 9.17) is 4.74 Å². The maximum Gasteiger partial charge on any atom is 0.277 e. The van der Waals surface area contributed by atoms with Gasteiger partial charge in [-0.2, -0.15) is 5.10 Å². The first-order valence-electron chi connectivity index (χ1n) is 6.39. The quantitative estimate of drug-likeness (QED) is 0.502.